The summed E-state index contributed by atoms with van der Waals surface area (Å²) in [7, 11) is 0. The molecular formula is C13H13Cl2N5. The van der Waals surface area contributed by atoms with Crippen LogP contribution in [0.25, 0.3) is 0 Å². The lowest BCUT2D eigenvalue weighted by atomic mass is 10.3. The van der Waals surface area contributed by atoms with Gasteiger partial charge in [0, 0.05) is 13.1 Å². The van der Waals surface area contributed by atoms with Crippen LogP contribution in [0.15, 0.2) is 24.3 Å². The number of benzene rings is 1. The first-order valence-corrected chi connectivity index (χ1v) is 7.16. The van der Waals surface area contributed by atoms with E-state index in [-0.39, 0.29) is 5.28 Å². The average molecular weight is 310 g/mol. The number of nitrogens with one attached hydrogen (secondary N) is 1. The van der Waals surface area contributed by atoms with Crippen molar-refractivity contribution in [2.24, 2.45) is 0 Å². The summed E-state index contributed by atoms with van der Waals surface area (Å²) in [6.07, 6.45) is 2.30. The molecule has 20 heavy (non-hydrogen) atoms. The van der Waals surface area contributed by atoms with Crippen molar-refractivity contribution in [1.82, 2.24) is 15.0 Å². The van der Waals surface area contributed by atoms with Gasteiger partial charge in [-0.3, -0.25) is 0 Å². The second kappa shape index (κ2) is 5.81. The fourth-order valence-electron chi connectivity index (χ4n) is 2.14. The van der Waals surface area contributed by atoms with Crippen LogP contribution in [0.5, 0.6) is 0 Å². The maximum absolute atomic E-state index is 6.10. The van der Waals surface area contributed by atoms with Crippen LogP contribution in [0.4, 0.5) is 17.6 Å². The van der Waals surface area contributed by atoms with Gasteiger partial charge in [0.1, 0.15) is 0 Å². The predicted molar refractivity (Wildman–Crippen MR) is 81.0 cm³/mol. The number of halogens is 2. The third kappa shape index (κ3) is 2.94. The predicted octanol–water partition coefficient (Wildman–Crippen LogP) is 3.52. The van der Waals surface area contributed by atoms with Crippen LogP contribution in [0.1, 0.15) is 12.8 Å². The van der Waals surface area contributed by atoms with E-state index in [4.69, 9.17) is 23.2 Å². The van der Waals surface area contributed by atoms with Crippen molar-refractivity contribution in [3.63, 3.8) is 0 Å². The molecule has 0 amide bonds. The van der Waals surface area contributed by atoms with Crippen molar-refractivity contribution < 1.29 is 0 Å². The van der Waals surface area contributed by atoms with Crippen molar-refractivity contribution >= 4 is 40.8 Å². The topological polar surface area (TPSA) is 53.9 Å². The monoisotopic (exact) mass is 309 g/mol. The van der Waals surface area contributed by atoms with E-state index in [1.807, 2.05) is 18.2 Å². The quantitative estimate of drug-likeness (QED) is 0.940. The van der Waals surface area contributed by atoms with Crippen LogP contribution in [0.2, 0.25) is 10.3 Å². The Morgan fingerprint density at radius 3 is 2.50 bits per heavy atom. The van der Waals surface area contributed by atoms with Crippen molar-refractivity contribution in [2.45, 2.75) is 12.8 Å². The van der Waals surface area contributed by atoms with E-state index < -0.39 is 0 Å². The van der Waals surface area contributed by atoms with Crippen LogP contribution in [0.3, 0.4) is 0 Å². The highest BCUT2D eigenvalue weighted by Gasteiger charge is 2.17. The Bertz CT molecular complexity index is 613. The van der Waals surface area contributed by atoms with Gasteiger partial charge in [-0.15, -0.1) is 0 Å². The standard InChI is InChI=1S/C13H13Cl2N5/c14-9-5-1-2-6-10(9)16-12-17-11(15)18-13(19-12)20-7-3-4-8-20/h1-2,5-6H,3-4,7-8H2,(H,16,17,18,19). The lowest BCUT2D eigenvalue weighted by Crippen LogP contribution is -2.21. The minimum atomic E-state index is 0.177. The molecule has 1 saturated heterocycles. The average Bonchev–Trinajstić information content (AvgIpc) is 2.95. The maximum atomic E-state index is 6.10. The van der Waals surface area contributed by atoms with E-state index >= 15 is 0 Å². The second-order valence-corrected chi connectivity index (χ2v) is 5.27. The molecule has 0 radical (unpaired) electrons. The van der Waals surface area contributed by atoms with Crippen LogP contribution in [0, 0.1) is 0 Å². The Kier molecular flexibility index (Phi) is 3.89. The molecule has 1 aromatic carbocycles. The molecule has 7 heteroatoms. The molecule has 0 bridgehead atoms. The van der Waals surface area contributed by atoms with Gasteiger partial charge in [0.05, 0.1) is 10.7 Å². The molecule has 0 spiro atoms. The molecule has 0 unspecified atom stereocenters. The van der Waals surface area contributed by atoms with Gasteiger partial charge in [-0.1, -0.05) is 23.7 Å². The molecule has 0 aliphatic carbocycles. The fraction of sp³-hybridized carbons (Fsp3) is 0.308. The number of para-hydroxylation sites is 1. The molecule has 1 aromatic heterocycles. The van der Waals surface area contributed by atoms with Gasteiger partial charge in [0.25, 0.3) is 0 Å². The number of aromatic nitrogens is 3. The molecule has 0 saturated carbocycles. The Hall–Kier alpha value is -1.59. The summed E-state index contributed by atoms with van der Waals surface area (Å²) in [5.74, 6) is 1.01. The van der Waals surface area contributed by atoms with Crippen molar-refractivity contribution in [1.29, 1.82) is 0 Å². The number of anilines is 3. The molecule has 5 nitrogen and oxygen atoms in total. The summed E-state index contributed by atoms with van der Waals surface area (Å²) in [4.78, 5) is 14.8. The summed E-state index contributed by atoms with van der Waals surface area (Å²) in [5, 5.41) is 3.85. The second-order valence-electron chi connectivity index (χ2n) is 4.53. The Morgan fingerprint density at radius 1 is 1.00 bits per heavy atom. The molecular weight excluding hydrogens is 297 g/mol. The van der Waals surface area contributed by atoms with Gasteiger partial charge < -0.3 is 10.2 Å². The van der Waals surface area contributed by atoms with E-state index in [0.29, 0.717) is 16.9 Å². The number of hydrogen-bond acceptors (Lipinski definition) is 5. The smallest absolute Gasteiger partial charge is 0.233 e. The van der Waals surface area contributed by atoms with Crippen LogP contribution >= 0.6 is 23.2 Å². The fourth-order valence-corrected chi connectivity index (χ4v) is 2.48. The van der Waals surface area contributed by atoms with Gasteiger partial charge in [0.15, 0.2) is 0 Å². The third-order valence-corrected chi connectivity index (χ3v) is 3.60. The van der Waals surface area contributed by atoms with Crippen LogP contribution in [-0.4, -0.2) is 28.0 Å². The first kappa shape index (κ1) is 13.4. The zero-order chi connectivity index (χ0) is 13.9. The molecule has 1 N–H and O–H groups in total. The normalized spacial score (nSPS) is 14.6. The lowest BCUT2D eigenvalue weighted by Gasteiger charge is -2.16. The first-order chi connectivity index (χ1) is 9.72. The number of hydrogen-bond donors (Lipinski definition) is 1. The van der Waals surface area contributed by atoms with Gasteiger partial charge in [-0.2, -0.15) is 15.0 Å². The third-order valence-electron chi connectivity index (χ3n) is 3.11. The summed E-state index contributed by atoms with van der Waals surface area (Å²) < 4.78 is 0. The molecule has 2 heterocycles. The van der Waals surface area contributed by atoms with Crippen molar-refractivity contribution in [3.05, 3.63) is 34.6 Å². The molecule has 1 aliphatic heterocycles. The van der Waals surface area contributed by atoms with E-state index in [9.17, 15) is 0 Å². The van der Waals surface area contributed by atoms with Gasteiger partial charge in [0.2, 0.25) is 17.2 Å². The minimum Gasteiger partial charge on any atom is -0.341 e. The maximum Gasteiger partial charge on any atom is 0.233 e. The molecule has 0 atom stereocenters. The first-order valence-electron chi connectivity index (χ1n) is 6.40. The molecule has 104 valence electrons. The summed E-state index contributed by atoms with van der Waals surface area (Å²) in [5.41, 5.74) is 0.740. The minimum absolute atomic E-state index is 0.177. The van der Waals surface area contributed by atoms with Crippen molar-refractivity contribution in [2.75, 3.05) is 23.3 Å². The highest BCUT2D eigenvalue weighted by atomic mass is 35.5. The molecule has 1 aliphatic rings. The Labute approximate surface area is 127 Å². The summed E-state index contributed by atoms with van der Waals surface area (Å²) in [6.45, 7) is 1.90. The molecule has 2 aromatic rings. The number of nitrogens with zero attached hydrogens (tertiary/aromatic N) is 4. The summed E-state index contributed by atoms with van der Waals surface area (Å²) in [6, 6.07) is 7.41. The highest BCUT2D eigenvalue weighted by Crippen LogP contribution is 2.25. The van der Waals surface area contributed by atoms with E-state index in [2.05, 4.69) is 25.2 Å². The van der Waals surface area contributed by atoms with Crippen LogP contribution < -0.4 is 10.2 Å². The largest absolute Gasteiger partial charge is 0.341 e. The molecule has 1 fully saturated rings. The highest BCUT2D eigenvalue weighted by molar-refractivity contribution is 6.33. The van der Waals surface area contributed by atoms with Gasteiger partial charge >= 0.3 is 0 Å². The summed E-state index contributed by atoms with van der Waals surface area (Å²) >= 11 is 12.1. The zero-order valence-corrected chi connectivity index (χ0v) is 12.2. The zero-order valence-electron chi connectivity index (χ0n) is 10.7. The Balaban J connectivity index is 1.88. The number of rotatable bonds is 3. The van der Waals surface area contributed by atoms with Gasteiger partial charge in [-0.25, -0.2) is 0 Å². The van der Waals surface area contributed by atoms with E-state index in [1.54, 1.807) is 6.07 Å². The molecule has 3 rings (SSSR count). The van der Waals surface area contributed by atoms with E-state index in [1.165, 1.54) is 0 Å². The van der Waals surface area contributed by atoms with Crippen molar-refractivity contribution in [3.8, 4) is 0 Å². The van der Waals surface area contributed by atoms with Gasteiger partial charge in [-0.05, 0) is 36.6 Å². The Morgan fingerprint density at radius 2 is 1.75 bits per heavy atom. The lowest BCUT2D eigenvalue weighted by molar-refractivity contribution is 0.883. The SMILES string of the molecule is Clc1nc(Nc2ccccc2Cl)nc(N2CCCC2)n1. The van der Waals surface area contributed by atoms with E-state index in [0.717, 1.165) is 31.6 Å². The van der Waals surface area contributed by atoms with Crippen LogP contribution in [-0.2, 0) is 0 Å².